The monoisotopic (exact) mass is 1410 g/mol. The standard InChI is InChI=1S/C106H71BN4/c1-11-31-72(32-12-1)82-51-53-97-101(67-82)110(95-63-88(78-43-23-7-24-44-78)57-89(64-95)79-45-25-8-26-46-79)103-69-93(70-104-105(103)107(97)98-54-52-83(73-33-13-2-14-34-73)68-102(98)111(104)96-65-90(80-47-27-9-28-48-80)58-91(66-96)81-49-29-10-30-50-81)100-71-99(92-59-84(74-35-15-3-16-36-74)55-85(60-92)75-37-17-4-18-38-75)108-106(109-100)94-61-86(76-39-19-5-20-40-76)56-87(62-94)77-41-21-6-22-42-77/h1-71H. The Labute approximate surface area is 648 Å². The molecule has 0 amide bonds. The fourth-order valence-corrected chi connectivity index (χ4v) is 16.6. The van der Waals surface area contributed by atoms with Gasteiger partial charge in [-0.05, 0) is 231 Å². The molecule has 3 heterocycles. The van der Waals surface area contributed by atoms with Gasteiger partial charge in [-0.15, -0.1) is 0 Å². The van der Waals surface area contributed by atoms with E-state index in [0.29, 0.717) is 5.82 Å². The lowest BCUT2D eigenvalue weighted by Crippen LogP contribution is -2.61. The largest absolute Gasteiger partial charge is 0.311 e. The number of rotatable bonds is 15. The maximum absolute atomic E-state index is 6.05. The number of benzene rings is 17. The Morgan fingerprint density at radius 2 is 0.378 bits per heavy atom. The van der Waals surface area contributed by atoms with Crippen LogP contribution in [0.2, 0.25) is 0 Å². The lowest BCUT2D eigenvalue weighted by molar-refractivity contribution is 1.18. The van der Waals surface area contributed by atoms with Crippen LogP contribution in [-0.4, -0.2) is 16.7 Å². The van der Waals surface area contributed by atoms with E-state index in [1.807, 2.05) is 0 Å². The van der Waals surface area contributed by atoms with Crippen molar-refractivity contribution in [2.24, 2.45) is 0 Å². The zero-order valence-electron chi connectivity index (χ0n) is 60.9. The van der Waals surface area contributed by atoms with E-state index in [0.717, 1.165) is 173 Å². The summed E-state index contributed by atoms with van der Waals surface area (Å²) in [5, 5.41) is 0. The number of anilines is 6. The molecule has 4 nitrogen and oxygen atoms in total. The molecule has 17 aromatic carbocycles. The molecule has 18 aromatic rings. The second kappa shape index (κ2) is 28.7. The van der Waals surface area contributed by atoms with Crippen LogP contribution in [0.3, 0.4) is 0 Å². The summed E-state index contributed by atoms with van der Waals surface area (Å²) in [6.45, 7) is -0.251. The zero-order chi connectivity index (χ0) is 73.6. The Hall–Kier alpha value is -14.5. The summed E-state index contributed by atoms with van der Waals surface area (Å²) < 4.78 is 0. The minimum atomic E-state index is -0.251. The Morgan fingerprint density at radius 3 is 0.649 bits per heavy atom. The molecule has 0 spiro atoms. The van der Waals surface area contributed by atoms with Crippen molar-refractivity contribution in [2.75, 3.05) is 9.80 Å². The van der Waals surface area contributed by atoms with Gasteiger partial charge in [0.25, 0.3) is 6.71 Å². The maximum Gasteiger partial charge on any atom is 0.252 e. The van der Waals surface area contributed by atoms with Gasteiger partial charge in [0.1, 0.15) is 0 Å². The second-order valence-corrected chi connectivity index (χ2v) is 28.8. The number of hydrogen-bond donors (Lipinski definition) is 0. The van der Waals surface area contributed by atoms with E-state index in [9.17, 15) is 0 Å². The van der Waals surface area contributed by atoms with Gasteiger partial charge in [0, 0.05) is 50.8 Å². The van der Waals surface area contributed by atoms with Crippen LogP contribution in [0.15, 0.2) is 431 Å². The Kier molecular flexibility index (Phi) is 17.0. The molecule has 1 aromatic heterocycles. The Balaban J connectivity index is 0.933. The van der Waals surface area contributed by atoms with E-state index in [1.165, 1.54) is 16.4 Å². The van der Waals surface area contributed by atoms with Crippen LogP contribution in [0.5, 0.6) is 0 Å². The summed E-state index contributed by atoms with van der Waals surface area (Å²) in [7, 11) is 0. The predicted octanol–water partition coefficient (Wildman–Crippen LogP) is 26.2. The summed E-state index contributed by atoms with van der Waals surface area (Å²) in [5.41, 5.74) is 36.4. The molecular formula is C106H71BN4. The molecule has 0 aliphatic carbocycles. The highest BCUT2D eigenvalue weighted by Gasteiger charge is 2.44. The molecule has 0 saturated carbocycles. The number of nitrogens with zero attached hydrogens (tertiary/aromatic N) is 4. The molecular weight excluding hydrogens is 1340 g/mol. The van der Waals surface area contributed by atoms with E-state index in [-0.39, 0.29) is 6.71 Å². The van der Waals surface area contributed by atoms with Gasteiger partial charge in [0.2, 0.25) is 0 Å². The fourth-order valence-electron chi connectivity index (χ4n) is 16.6. The summed E-state index contributed by atoms with van der Waals surface area (Å²) in [5.74, 6) is 0.601. The van der Waals surface area contributed by atoms with Crippen molar-refractivity contribution in [1.82, 2.24) is 9.97 Å². The van der Waals surface area contributed by atoms with Crippen LogP contribution in [0.25, 0.3) is 145 Å². The van der Waals surface area contributed by atoms with Gasteiger partial charge in [0.15, 0.2) is 5.82 Å². The van der Waals surface area contributed by atoms with E-state index in [4.69, 9.17) is 9.97 Å². The van der Waals surface area contributed by atoms with E-state index < -0.39 is 0 Å². The van der Waals surface area contributed by atoms with Gasteiger partial charge >= 0.3 is 0 Å². The average molecular weight is 1410 g/mol. The third kappa shape index (κ3) is 12.8. The van der Waals surface area contributed by atoms with Gasteiger partial charge in [-0.2, -0.15) is 0 Å². The van der Waals surface area contributed by atoms with Crippen LogP contribution in [0.4, 0.5) is 34.1 Å². The van der Waals surface area contributed by atoms with Gasteiger partial charge in [-0.3, -0.25) is 0 Å². The predicted molar refractivity (Wildman–Crippen MR) is 467 cm³/mol. The first-order valence-corrected chi connectivity index (χ1v) is 38.1. The Bertz CT molecular complexity index is 5850. The van der Waals surface area contributed by atoms with Crippen LogP contribution in [0, 0.1) is 0 Å². The Morgan fingerprint density at radius 1 is 0.162 bits per heavy atom. The highest BCUT2D eigenvalue weighted by Crippen LogP contribution is 2.51. The number of hydrogen-bond acceptors (Lipinski definition) is 4. The highest BCUT2D eigenvalue weighted by molar-refractivity contribution is 7.00. The molecule has 20 rings (SSSR count). The molecule has 111 heavy (non-hydrogen) atoms. The van der Waals surface area contributed by atoms with Crippen LogP contribution < -0.4 is 26.2 Å². The van der Waals surface area contributed by atoms with Crippen molar-refractivity contribution in [1.29, 1.82) is 0 Å². The van der Waals surface area contributed by atoms with Gasteiger partial charge in [-0.1, -0.05) is 328 Å². The normalized spacial score (nSPS) is 11.9. The molecule has 0 saturated heterocycles. The minimum Gasteiger partial charge on any atom is -0.311 e. The molecule has 0 bridgehead atoms. The summed E-state index contributed by atoms with van der Waals surface area (Å²) in [4.78, 5) is 17.1. The molecule has 0 unspecified atom stereocenters. The lowest BCUT2D eigenvalue weighted by atomic mass is 9.33. The van der Waals surface area contributed by atoms with Crippen LogP contribution in [-0.2, 0) is 0 Å². The first-order valence-electron chi connectivity index (χ1n) is 38.1. The van der Waals surface area contributed by atoms with E-state index in [2.05, 4.69) is 441 Å². The van der Waals surface area contributed by atoms with Gasteiger partial charge in [-0.25, -0.2) is 9.97 Å². The molecule has 5 heteroatoms. The zero-order valence-corrected chi connectivity index (χ0v) is 60.9. The summed E-state index contributed by atoms with van der Waals surface area (Å²) in [6.07, 6.45) is 0. The van der Waals surface area contributed by atoms with E-state index in [1.54, 1.807) is 0 Å². The van der Waals surface area contributed by atoms with Crippen molar-refractivity contribution in [3.8, 4) is 145 Å². The molecule has 0 atom stereocenters. The minimum absolute atomic E-state index is 0.251. The number of fused-ring (bicyclic) bond motifs is 4. The second-order valence-electron chi connectivity index (χ2n) is 28.8. The average Bonchev–Trinajstić information content (AvgIpc) is 0.692. The summed E-state index contributed by atoms with van der Waals surface area (Å²) in [6, 6.07) is 158. The van der Waals surface area contributed by atoms with Crippen molar-refractivity contribution >= 4 is 57.2 Å². The van der Waals surface area contributed by atoms with E-state index >= 15 is 0 Å². The SMILES string of the molecule is c1ccc(-c2cc(-c3ccccc3)cc(-c3cc(-c4cc5c6c(c4)N(c4cc(-c7ccccc7)cc(-c7ccccc7)c4)c4cc(-c7ccccc7)ccc4B6c4ccc(-c6ccccc6)cc4N5c4cc(-c5ccccc5)cc(-c5ccccc5)c4)nc(-c4cc(-c5ccccc5)cc(-c5ccccc5)c4)n3)c2)cc1. The van der Waals surface area contributed by atoms with Crippen molar-refractivity contribution in [3.05, 3.63) is 431 Å². The third-order valence-electron chi connectivity index (χ3n) is 21.9. The van der Waals surface area contributed by atoms with Gasteiger partial charge in [0.05, 0.1) is 11.4 Å². The summed E-state index contributed by atoms with van der Waals surface area (Å²) >= 11 is 0. The molecule has 2 aliphatic rings. The van der Waals surface area contributed by atoms with Crippen molar-refractivity contribution in [3.63, 3.8) is 0 Å². The van der Waals surface area contributed by atoms with Gasteiger partial charge < -0.3 is 9.80 Å². The van der Waals surface area contributed by atoms with Crippen molar-refractivity contribution in [2.45, 2.75) is 0 Å². The maximum atomic E-state index is 6.05. The van der Waals surface area contributed by atoms with Crippen LogP contribution >= 0.6 is 0 Å². The first kappa shape index (κ1) is 66.0. The molecule has 0 fully saturated rings. The molecule has 518 valence electrons. The topological polar surface area (TPSA) is 32.3 Å². The third-order valence-corrected chi connectivity index (χ3v) is 21.9. The van der Waals surface area contributed by atoms with Crippen LogP contribution in [0.1, 0.15) is 0 Å². The lowest BCUT2D eigenvalue weighted by Gasteiger charge is -2.45. The molecule has 0 radical (unpaired) electrons. The fraction of sp³-hybridized carbons (Fsp3) is 0. The molecule has 0 N–H and O–H groups in total. The first-order chi connectivity index (χ1) is 55.0. The van der Waals surface area contributed by atoms with Crippen molar-refractivity contribution < 1.29 is 0 Å². The molecule has 2 aliphatic heterocycles. The highest BCUT2D eigenvalue weighted by atomic mass is 15.2. The number of aromatic nitrogens is 2. The smallest absolute Gasteiger partial charge is 0.252 e. The quantitative estimate of drug-likeness (QED) is 0.0958.